The van der Waals surface area contributed by atoms with Crippen LogP contribution in [0.1, 0.15) is 27.7 Å². The Balaban J connectivity index is 1.39. The second-order valence-electron chi connectivity index (χ2n) is 6.77. The van der Waals surface area contributed by atoms with Gasteiger partial charge >= 0.3 is 0 Å². The van der Waals surface area contributed by atoms with Gasteiger partial charge in [-0.25, -0.2) is 0 Å². The smallest absolute Gasteiger partial charge is 0.258 e. The molecule has 0 saturated heterocycles. The quantitative estimate of drug-likeness (QED) is 0.730. The molecule has 0 aliphatic carbocycles. The van der Waals surface area contributed by atoms with Gasteiger partial charge in [0.25, 0.3) is 5.91 Å². The molecule has 2 aliphatic heterocycles. The molecule has 0 aromatic heterocycles. The van der Waals surface area contributed by atoms with Crippen LogP contribution in [-0.2, 0) is 6.54 Å². The molecule has 1 unspecified atom stereocenters. The van der Waals surface area contributed by atoms with Crippen molar-refractivity contribution in [2.45, 2.75) is 12.7 Å². The van der Waals surface area contributed by atoms with Crippen LogP contribution in [0.3, 0.4) is 0 Å². The van der Waals surface area contributed by atoms with Gasteiger partial charge in [0.1, 0.15) is 11.9 Å². The Morgan fingerprint density at radius 3 is 2.52 bits per heavy atom. The van der Waals surface area contributed by atoms with Crippen LogP contribution in [0.4, 0.5) is 17.1 Å². The number of carbonyl (C=O) groups excluding carboxylic acids is 1. The highest BCUT2D eigenvalue weighted by atomic mass is 16.5. The Kier molecular flexibility index (Phi) is 3.53. The van der Waals surface area contributed by atoms with E-state index in [1.54, 1.807) is 7.11 Å². The number of anilines is 3. The van der Waals surface area contributed by atoms with Crippen molar-refractivity contribution in [1.82, 2.24) is 0 Å². The van der Waals surface area contributed by atoms with Crippen molar-refractivity contribution in [3.63, 3.8) is 0 Å². The maximum Gasteiger partial charge on any atom is 0.258 e. The van der Waals surface area contributed by atoms with Crippen molar-refractivity contribution in [2.24, 2.45) is 0 Å². The van der Waals surface area contributed by atoms with E-state index in [9.17, 15) is 4.79 Å². The van der Waals surface area contributed by atoms with Crippen molar-refractivity contribution in [3.05, 3.63) is 83.4 Å². The molecule has 0 saturated carbocycles. The molecule has 0 bridgehead atoms. The molecule has 5 rings (SSSR count). The summed E-state index contributed by atoms with van der Waals surface area (Å²) in [6, 6.07) is 21.8. The molecule has 0 spiro atoms. The van der Waals surface area contributed by atoms with Crippen LogP contribution in [0.2, 0.25) is 0 Å². The summed E-state index contributed by atoms with van der Waals surface area (Å²) in [7, 11) is 1.66. The highest BCUT2D eigenvalue weighted by molar-refractivity contribution is 6.10. The second-order valence-corrected chi connectivity index (χ2v) is 6.77. The average Bonchev–Trinajstić information content (AvgIpc) is 3.29. The highest BCUT2D eigenvalue weighted by Gasteiger charge is 2.29. The van der Waals surface area contributed by atoms with Crippen LogP contribution in [0.5, 0.6) is 5.75 Å². The van der Waals surface area contributed by atoms with Gasteiger partial charge in [0, 0.05) is 11.3 Å². The number of hydrogen-bond donors (Lipinski definition) is 2. The number of rotatable bonds is 3. The third kappa shape index (κ3) is 2.59. The molecule has 1 amide bonds. The normalized spacial score (nSPS) is 17.1. The molecule has 27 heavy (non-hydrogen) atoms. The van der Waals surface area contributed by atoms with Gasteiger partial charge in [-0.1, -0.05) is 30.3 Å². The molecule has 3 aromatic carbocycles. The van der Waals surface area contributed by atoms with E-state index in [4.69, 9.17) is 4.74 Å². The summed E-state index contributed by atoms with van der Waals surface area (Å²) >= 11 is 0. The van der Waals surface area contributed by atoms with Crippen LogP contribution >= 0.6 is 0 Å². The van der Waals surface area contributed by atoms with Crippen molar-refractivity contribution < 1.29 is 9.53 Å². The second kappa shape index (κ2) is 6.06. The summed E-state index contributed by atoms with van der Waals surface area (Å²) in [6.45, 7) is 0.614. The largest absolute Gasteiger partial charge is 0.497 e. The zero-order valence-electron chi connectivity index (χ0n) is 14.9. The molecule has 2 aliphatic rings. The average molecular weight is 357 g/mol. The number of amides is 1. The molecular formula is C22H19N3O2. The molecule has 0 radical (unpaired) electrons. The van der Waals surface area contributed by atoms with Gasteiger partial charge in [-0.2, -0.15) is 0 Å². The SMILES string of the molecule is COc1ccc(C2Nc3ccc(N4Cc5ccccc5C4=O)cc3N2)cc1. The number of methoxy groups -OCH3 is 1. The predicted octanol–water partition coefficient (Wildman–Crippen LogP) is 4.39. The number of ether oxygens (including phenoxy) is 1. The van der Waals surface area contributed by atoms with E-state index < -0.39 is 0 Å². The third-order valence-electron chi connectivity index (χ3n) is 5.19. The van der Waals surface area contributed by atoms with Crippen LogP contribution in [0.15, 0.2) is 66.7 Å². The number of nitrogens with one attached hydrogen (secondary N) is 2. The van der Waals surface area contributed by atoms with Gasteiger partial charge in [0.05, 0.1) is 25.0 Å². The monoisotopic (exact) mass is 357 g/mol. The van der Waals surface area contributed by atoms with Gasteiger partial charge in [0.15, 0.2) is 0 Å². The van der Waals surface area contributed by atoms with Crippen LogP contribution in [0.25, 0.3) is 0 Å². The zero-order valence-corrected chi connectivity index (χ0v) is 14.9. The fourth-order valence-corrected chi connectivity index (χ4v) is 3.72. The van der Waals surface area contributed by atoms with E-state index in [-0.39, 0.29) is 12.1 Å². The van der Waals surface area contributed by atoms with Gasteiger partial charge in [-0.05, 0) is 47.5 Å². The van der Waals surface area contributed by atoms with Gasteiger partial charge < -0.3 is 20.3 Å². The number of carbonyl (C=O) groups is 1. The van der Waals surface area contributed by atoms with Crippen molar-refractivity contribution >= 4 is 23.0 Å². The molecule has 5 nitrogen and oxygen atoms in total. The Labute approximate surface area is 157 Å². The summed E-state index contributed by atoms with van der Waals surface area (Å²) < 4.78 is 5.22. The molecule has 2 N–H and O–H groups in total. The van der Waals surface area contributed by atoms with Crippen molar-refractivity contribution in [3.8, 4) is 5.75 Å². The highest BCUT2D eigenvalue weighted by Crippen LogP contribution is 2.39. The van der Waals surface area contributed by atoms with Crippen LogP contribution in [0, 0.1) is 0 Å². The van der Waals surface area contributed by atoms with Gasteiger partial charge in [-0.15, -0.1) is 0 Å². The topological polar surface area (TPSA) is 53.6 Å². The van der Waals surface area contributed by atoms with E-state index >= 15 is 0 Å². The Hall–Kier alpha value is -3.47. The first-order chi connectivity index (χ1) is 13.2. The van der Waals surface area contributed by atoms with E-state index in [1.807, 2.05) is 71.6 Å². The summed E-state index contributed by atoms with van der Waals surface area (Å²) in [5.74, 6) is 0.895. The fourth-order valence-electron chi connectivity index (χ4n) is 3.72. The summed E-state index contributed by atoms with van der Waals surface area (Å²) in [6.07, 6.45) is -0.00682. The lowest BCUT2D eigenvalue weighted by atomic mass is 10.1. The third-order valence-corrected chi connectivity index (χ3v) is 5.19. The lowest BCUT2D eigenvalue weighted by Crippen LogP contribution is -2.22. The number of benzene rings is 3. The molecule has 2 heterocycles. The predicted molar refractivity (Wildman–Crippen MR) is 106 cm³/mol. The van der Waals surface area contributed by atoms with E-state index in [0.29, 0.717) is 6.54 Å². The molecule has 5 heteroatoms. The minimum atomic E-state index is -0.00682. The first-order valence-electron chi connectivity index (χ1n) is 8.94. The minimum Gasteiger partial charge on any atom is -0.497 e. The van der Waals surface area contributed by atoms with E-state index in [0.717, 1.165) is 39.5 Å². The maximum atomic E-state index is 12.7. The Morgan fingerprint density at radius 1 is 0.963 bits per heavy atom. The molecular weight excluding hydrogens is 338 g/mol. The summed E-state index contributed by atoms with van der Waals surface area (Å²) in [4.78, 5) is 14.5. The number of fused-ring (bicyclic) bond motifs is 2. The zero-order chi connectivity index (χ0) is 18.4. The first kappa shape index (κ1) is 15.8. The van der Waals surface area contributed by atoms with Crippen molar-refractivity contribution in [2.75, 3.05) is 22.6 Å². The van der Waals surface area contributed by atoms with Gasteiger partial charge in [-0.3, -0.25) is 4.79 Å². The Bertz CT molecular complexity index is 1030. The van der Waals surface area contributed by atoms with E-state index in [2.05, 4.69) is 10.6 Å². The molecule has 0 fully saturated rings. The lowest BCUT2D eigenvalue weighted by molar-refractivity contribution is 0.0996. The van der Waals surface area contributed by atoms with Crippen LogP contribution < -0.4 is 20.3 Å². The minimum absolute atomic E-state index is 0.00682. The summed E-state index contributed by atoms with van der Waals surface area (Å²) in [5.41, 5.74) is 5.92. The number of hydrogen-bond acceptors (Lipinski definition) is 4. The van der Waals surface area contributed by atoms with Crippen molar-refractivity contribution in [1.29, 1.82) is 0 Å². The molecule has 134 valence electrons. The summed E-state index contributed by atoms with van der Waals surface area (Å²) in [5, 5.41) is 6.98. The van der Waals surface area contributed by atoms with Gasteiger partial charge in [0.2, 0.25) is 0 Å². The Morgan fingerprint density at radius 2 is 1.74 bits per heavy atom. The maximum absolute atomic E-state index is 12.7. The molecule has 1 atom stereocenters. The standard InChI is InChI=1S/C22H19N3O2/c1-27-17-9-6-14(7-10-17)21-23-19-11-8-16(12-20(19)24-21)25-13-15-4-2-3-5-18(15)22(25)26/h2-12,21,23-24H,13H2,1H3. The first-order valence-corrected chi connectivity index (χ1v) is 8.94. The molecule has 3 aromatic rings. The fraction of sp³-hybridized carbons (Fsp3) is 0.136. The van der Waals surface area contributed by atoms with E-state index in [1.165, 1.54) is 0 Å². The number of nitrogens with zero attached hydrogens (tertiary/aromatic N) is 1. The lowest BCUT2D eigenvalue weighted by Gasteiger charge is -2.16. The van der Waals surface area contributed by atoms with Crippen LogP contribution in [-0.4, -0.2) is 13.0 Å².